The summed E-state index contributed by atoms with van der Waals surface area (Å²) in [5, 5.41) is 11.8. The van der Waals surface area contributed by atoms with Gasteiger partial charge in [-0.2, -0.15) is 0 Å². The van der Waals surface area contributed by atoms with Gasteiger partial charge < -0.3 is 10.4 Å². The Balaban J connectivity index is 2.66. The quantitative estimate of drug-likeness (QED) is 0.823. The summed E-state index contributed by atoms with van der Waals surface area (Å²) >= 11 is 5.62. The SMILES string of the molecule is CC(CO)C(C)NC(=O)c1cncc(Cl)n1. The Kier molecular flexibility index (Phi) is 4.64. The van der Waals surface area contributed by atoms with Crippen molar-refractivity contribution in [3.05, 3.63) is 23.2 Å². The topological polar surface area (TPSA) is 75.1 Å². The lowest BCUT2D eigenvalue weighted by atomic mass is 10.1. The van der Waals surface area contributed by atoms with Gasteiger partial charge in [0.05, 0.1) is 12.4 Å². The maximum atomic E-state index is 11.7. The average Bonchev–Trinajstić information content (AvgIpc) is 2.27. The molecule has 16 heavy (non-hydrogen) atoms. The van der Waals surface area contributed by atoms with E-state index in [9.17, 15) is 4.79 Å². The van der Waals surface area contributed by atoms with Gasteiger partial charge in [0, 0.05) is 12.6 Å². The summed E-state index contributed by atoms with van der Waals surface area (Å²) in [6.07, 6.45) is 2.70. The van der Waals surface area contributed by atoms with Gasteiger partial charge in [0.1, 0.15) is 10.8 Å². The highest BCUT2D eigenvalue weighted by Crippen LogP contribution is 2.05. The summed E-state index contributed by atoms with van der Waals surface area (Å²) in [4.78, 5) is 19.3. The summed E-state index contributed by atoms with van der Waals surface area (Å²) in [6, 6.07) is -0.140. The summed E-state index contributed by atoms with van der Waals surface area (Å²) in [6.45, 7) is 3.67. The summed E-state index contributed by atoms with van der Waals surface area (Å²) in [7, 11) is 0. The minimum Gasteiger partial charge on any atom is -0.396 e. The first kappa shape index (κ1) is 12.9. The Morgan fingerprint density at radius 1 is 1.56 bits per heavy atom. The fraction of sp³-hybridized carbons (Fsp3) is 0.500. The van der Waals surface area contributed by atoms with Crippen LogP contribution in [0.3, 0.4) is 0 Å². The van der Waals surface area contributed by atoms with Crippen molar-refractivity contribution in [2.45, 2.75) is 19.9 Å². The first-order chi connectivity index (χ1) is 7.54. The molecule has 1 aromatic rings. The zero-order valence-corrected chi connectivity index (χ0v) is 9.90. The van der Waals surface area contributed by atoms with Crippen molar-refractivity contribution in [2.75, 3.05) is 6.61 Å². The second-order valence-electron chi connectivity index (χ2n) is 3.65. The predicted octanol–water partition coefficient (Wildman–Crippen LogP) is 0.877. The molecule has 0 spiro atoms. The smallest absolute Gasteiger partial charge is 0.271 e. The predicted molar refractivity (Wildman–Crippen MR) is 60.2 cm³/mol. The molecular formula is C10H14ClN3O2. The number of carbonyl (C=O) groups excluding carboxylic acids is 1. The van der Waals surface area contributed by atoms with Gasteiger partial charge in [0.25, 0.3) is 5.91 Å². The molecule has 88 valence electrons. The molecule has 0 aliphatic heterocycles. The monoisotopic (exact) mass is 243 g/mol. The van der Waals surface area contributed by atoms with Gasteiger partial charge >= 0.3 is 0 Å². The first-order valence-electron chi connectivity index (χ1n) is 4.94. The van der Waals surface area contributed by atoms with Crippen LogP contribution >= 0.6 is 11.6 Å². The Bertz CT molecular complexity index is 373. The molecule has 6 heteroatoms. The van der Waals surface area contributed by atoms with E-state index in [1.807, 2.05) is 13.8 Å². The van der Waals surface area contributed by atoms with E-state index in [-0.39, 0.29) is 35.3 Å². The molecular weight excluding hydrogens is 230 g/mol. The van der Waals surface area contributed by atoms with Crippen LogP contribution in [0, 0.1) is 5.92 Å². The van der Waals surface area contributed by atoms with Gasteiger partial charge in [0.2, 0.25) is 0 Å². The lowest BCUT2D eigenvalue weighted by Gasteiger charge is -2.18. The number of aliphatic hydroxyl groups is 1. The number of carbonyl (C=O) groups is 1. The Morgan fingerprint density at radius 2 is 2.25 bits per heavy atom. The molecule has 1 amide bonds. The fourth-order valence-electron chi connectivity index (χ4n) is 1.03. The van der Waals surface area contributed by atoms with Gasteiger partial charge in [-0.3, -0.25) is 9.78 Å². The second kappa shape index (κ2) is 5.77. The summed E-state index contributed by atoms with van der Waals surface area (Å²) < 4.78 is 0. The number of aromatic nitrogens is 2. The van der Waals surface area contributed by atoms with Crippen molar-refractivity contribution in [3.8, 4) is 0 Å². The van der Waals surface area contributed by atoms with E-state index in [1.54, 1.807) is 0 Å². The van der Waals surface area contributed by atoms with E-state index >= 15 is 0 Å². The van der Waals surface area contributed by atoms with Crippen LogP contribution in [0.5, 0.6) is 0 Å². The molecule has 0 aliphatic carbocycles. The molecule has 1 heterocycles. The highest BCUT2D eigenvalue weighted by atomic mass is 35.5. The van der Waals surface area contributed by atoms with E-state index in [0.29, 0.717) is 0 Å². The number of nitrogens with one attached hydrogen (secondary N) is 1. The van der Waals surface area contributed by atoms with Crippen molar-refractivity contribution in [3.63, 3.8) is 0 Å². The standard InChI is InChI=1S/C10H14ClN3O2/c1-6(5-15)7(2)13-10(16)8-3-12-4-9(11)14-8/h3-4,6-7,15H,5H2,1-2H3,(H,13,16). The molecule has 0 saturated heterocycles. The van der Waals surface area contributed by atoms with Crippen LogP contribution in [0.15, 0.2) is 12.4 Å². The first-order valence-corrected chi connectivity index (χ1v) is 5.31. The maximum absolute atomic E-state index is 11.7. The van der Waals surface area contributed by atoms with Gasteiger partial charge in [-0.05, 0) is 12.8 Å². The van der Waals surface area contributed by atoms with E-state index in [4.69, 9.17) is 16.7 Å². The molecule has 0 saturated carbocycles. The van der Waals surface area contributed by atoms with E-state index < -0.39 is 0 Å². The lowest BCUT2D eigenvalue weighted by molar-refractivity contribution is 0.0911. The van der Waals surface area contributed by atoms with Crippen LogP contribution in [0.2, 0.25) is 5.15 Å². The van der Waals surface area contributed by atoms with Crippen molar-refractivity contribution < 1.29 is 9.90 Å². The number of rotatable bonds is 4. The van der Waals surface area contributed by atoms with Crippen LogP contribution in [0.1, 0.15) is 24.3 Å². The molecule has 0 bridgehead atoms. The summed E-state index contributed by atoms with van der Waals surface area (Å²) in [5.41, 5.74) is 0.171. The maximum Gasteiger partial charge on any atom is 0.271 e. The van der Waals surface area contributed by atoms with Crippen LogP contribution in [0.25, 0.3) is 0 Å². The van der Waals surface area contributed by atoms with E-state index in [1.165, 1.54) is 12.4 Å². The van der Waals surface area contributed by atoms with Gasteiger partial charge in [-0.15, -0.1) is 0 Å². The molecule has 0 radical (unpaired) electrons. The van der Waals surface area contributed by atoms with Crippen molar-refractivity contribution >= 4 is 17.5 Å². The molecule has 0 fully saturated rings. The van der Waals surface area contributed by atoms with Crippen LogP contribution in [-0.4, -0.2) is 33.6 Å². The molecule has 2 N–H and O–H groups in total. The average molecular weight is 244 g/mol. The lowest BCUT2D eigenvalue weighted by Crippen LogP contribution is -2.38. The normalized spacial score (nSPS) is 14.2. The van der Waals surface area contributed by atoms with Crippen LogP contribution in [-0.2, 0) is 0 Å². The number of aliphatic hydroxyl groups excluding tert-OH is 1. The third kappa shape index (κ3) is 3.43. The number of hydrogen-bond donors (Lipinski definition) is 2. The third-order valence-corrected chi connectivity index (χ3v) is 2.52. The fourth-order valence-corrected chi connectivity index (χ4v) is 1.18. The molecule has 5 nitrogen and oxygen atoms in total. The van der Waals surface area contributed by atoms with Crippen molar-refractivity contribution in [1.82, 2.24) is 15.3 Å². The molecule has 0 aliphatic rings. The van der Waals surface area contributed by atoms with Crippen LogP contribution < -0.4 is 5.32 Å². The Morgan fingerprint density at radius 3 is 2.81 bits per heavy atom. The van der Waals surface area contributed by atoms with Crippen molar-refractivity contribution in [2.24, 2.45) is 5.92 Å². The number of nitrogens with zero attached hydrogens (tertiary/aromatic N) is 2. The minimum absolute atomic E-state index is 0.0165. The summed E-state index contributed by atoms with van der Waals surface area (Å²) in [5.74, 6) is -0.362. The number of hydrogen-bond acceptors (Lipinski definition) is 4. The zero-order chi connectivity index (χ0) is 12.1. The van der Waals surface area contributed by atoms with Crippen molar-refractivity contribution in [1.29, 1.82) is 0 Å². The highest BCUT2D eigenvalue weighted by Gasteiger charge is 2.16. The Hall–Kier alpha value is -1.20. The van der Waals surface area contributed by atoms with Gasteiger partial charge in [0.15, 0.2) is 0 Å². The molecule has 1 aromatic heterocycles. The van der Waals surface area contributed by atoms with Gasteiger partial charge in [-0.25, -0.2) is 4.98 Å². The molecule has 2 unspecified atom stereocenters. The minimum atomic E-state index is -0.345. The number of amides is 1. The van der Waals surface area contributed by atoms with E-state index in [0.717, 1.165) is 0 Å². The number of halogens is 1. The van der Waals surface area contributed by atoms with Crippen LogP contribution in [0.4, 0.5) is 0 Å². The third-order valence-electron chi connectivity index (χ3n) is 2.34. The highest BCUT2D eigenvalue weighted by molar-refractivity contribution is 6.29. The Labute approximate surface area is 98.9 Å². The largest absolute Gasteiger partial charge is 0.396 e. The molecule has 0 aromatic carbocycles. The zero-order valence-electron chi connectivity index (χ0n) is 9.14. The van der Waals surface area contributed by atoms with Gasteiger partial charge in [-0.1, -0.05) is 18.5 Å². The van der Waals surface area contributed by atoms with E-state index in [2.05, 4.69) is 15.3 Å². The molecule has 1 rings (SSSR count). The second-order valence-corrected chi connectivity index (χ2v) is 4.04. The molecule has 2 atom stereocenters.